The van der Waals surface area contributed by atoms with Gasteiger partial charge in [0.05, 0.1) is 11.8 Å². The summed E-state index contributed by atoms with van der Waals surface area (Å²) in [6.07, 6.45) is 0. The van der Waals surface area contributed by atoms with Crippen LogP contribution < -0.4 is 0 Å². The lowest BCUT2D eigenvalue weighted by Gasteiger charge is -2.45. The van der Waals surface area contributed by atoms with E-state index in [-0.39, 0.29) is 29.4 Å². The molecule has 0 saturated carbocycles. The highest BCUT2D eigenvalue weighted by atomic mass is 16.5. The molecule has 2 bridgehead atoms. The fourth-order valence-corrected chi connectivity index (χ4v) is 6.33. The second-order valence-corrected chi connectivity index (χ2v) is 9.93. The lowest BCUT2D eigenvalue weighted by atomic mass is 9.55. The first-order chi connectivity index (χ1) is 17.4. The third-order valence-electron chi connectivity index (χ3n) is 7.88. The first kappa shape index (κ1) is 22.4. The molecule has 3 aromatic carbocycles. The van der Waals surface area contributed by atoms with Gasteiger partial charge in [0.2, 0.25) is 17.6 Å². The fraction of sp³-hybridized carbons (Fsp3) is 0.267. The van der Waals surface area contributed by atoms with Crippen molar-refractivity contribution in [3.8, 4) is 0 Å². The van der Waals surface area contributed by atoms with Crippen LogP contribution in [0.5, 0.6) is 0 Å². The number of esters is 1. The summed E-state index contributed by atoms with van der Waals surface area (Å²) in [5, 5.41) is 0. The number of hydrogen-bond acceptors (Lipinski definition) is 5. The highest BCUT2D eigenvalue weighted by molar-refractivity contribution is 6.09. The summed E-state index contributed by atoms with van der Waals surface area (Å²) in [6, 6.07) is 21.5. The Morgan fingerprint density at radius 1 is 0.778 bits per heavy atom. The van der Waals surface area contributed by atoms with Gasteiger partial charge in [0.1, 0.15) is 6.54 Å². The Morgan fingerprint density at radius 3 is 1.78 bits per heavy atom. The van der Waals surface area contributed by atoms with E-state index >= 15 is 0 Å². The molecule has 6 heteroatoms. The van der Waals surface area contributed by atoms with Crippen LogP contribution in [-0.2, 0) is 19.1 Å². The zero-order valence-electron chi connectivity index (χ0n) is 20.1. The average Bonchev–Trinajstić information content (AvgIpc) is 3.14. The zero-order chi connectivity index (χ0) is 25.1. The molecular formula is C30H25NO5. The van der Waals surface area contributed by atoms with Crippen molar-refractivity contribution in [2.24, 2.45) is 11.8 Å². The van der Waals surface area contributed by atoms with E-state index in [1.807, 2.05) is 74.5 Å². The highest BCUT2D eigenvalue weighted by Gasteiger charge is 2.61. The monoisotopic (exact) mass is 479 g/mol. The van der Waals surface area contributed by atoms with Crippen LogP contribution in [0.1, 0.15) is 55.6 Å². The van der Waals surface area contributed by atoms with Crippen LogP contribution in [0.25, 0.3) is 0 Å². The van der Waals surface area contributed by atoms with E-state index in [9.17, 15) is 19.2 Å². The second-order valence-electron chi connectivity index (χ2n) is 9.93. The number of imide groups is 1. The maximum atomic E-state index is 13.6. The Bertz CT molecular complexity index is 1340. The van der Waals surface area contributed by atoms with Gasteiger partial charge < -0.3 is 4.74 Å². The number of Topliss-reactive ketones (excluding diaryl/α,β-unsaturated/α-hetero) is 1. The quantitative estimate of drug-likeness (QED) is 0.315. The molecule has 0 spiro atoms. The van der Waals surface area contributed by atoms with Crippen LogP contribution >= 0.6 is 0 Å². The van der Waals surface area contributed by atoms with Crippen molar-refractivity contribution in [2.45, 2.75) is 25.7 Å². The summed E-state index contributed by atoms with van der Waals surface area (Å²) in [7, 11) is 0. The molecule has 1 fully saturated rings. The van der Waals surface area contributed by atoms with Crippen molar-refractivity contribution in [3.05, 3.63) is 106 Å². The van der Waals surface area contributed by atoms with Crippen molar-refractivity contribution in [3.63, 3.8) is 0 Å². The van der Waals surface area contributed by atoms with Gasteiger partial charge in [0, 0.05) is 17.4 Å². The van der Waals surface area contributed by atoms with Crippen LogP contribution in [0.4, 0.5) is 0 Å². The van der Waals surface area contributed by atoms with Crippen molar-refractivity contribution >= 4 is 23.6 Å². The minimum Gasteiger partial charge on any atom is -0.456 e. The van der Waals surface area contributed by atoms with Gasteiger partial charge >= 0.3 is 5.97 Å². The van der Waals surface area contributed by atoms with Gasteiger partial charge in [-0.3, -0.25) is 24.1 Å². The number of ether oxygens (including phenoxy) is 1. The molecule has 2 atom stereocenters. The number of ketones is 1. The number of hydrogen-bond donors (Lipinski definition) is 0. The molecule has 3 aromatic rings. The molecule has 180 valence electrons. The molecule has 0 radical (unpaired) electrons. The first-order valence-electron chi connectivity index (χ1n) is 12.2. The summed E-state index contributed by atoms with van der Waals surface area (Å²) >= 11 is 0. The van der Waals surface area contributed by atoms with Crippen LogP contribution in [-0.4, -0.2) is 41.6 Å². The first-order valence-corrected chi connectivity index (χ1v) is 12.2. The molecule has 3 aliphatic carbocycles. The van der Waals surface area contributed by atoms with Gasteiger partial charge in [-0.05, 0) is 47.7 Å². The van der Waals surface area contributed by atoms with E-state index in [1.54, 1.807) is 6.07 Å². The normalized spacial score (nSPS) is 23.2. The second kappa shape index (κ2) is 8.26. The molecule has 2 amide bonds. The maximum absolute atomic E-state index is 13.6. The van der Waals surface area contributed by atoms with E-state index in [4.69, 9.17) is 4.74 Å². The van der Waals surface area contributed by atoms with Crippen molar-refractivity contribution < 1.29 is 23.9 Å². The lowest BCUT2D eigenvalue weighted by Crippen LogP contribution is -2.41. The summed E-state index contributed by atoms with van der Waals surface area (Å²) in [5.74, 6) is -3.32. The number of aryl methyl sites for hydroxylation is 2. The number of carbonyl (C=O) groups is 4. The SMILES string of the molecule is Cc1ccc(C)c(C(=O)COC(=O)CN2C(=O)[C@@H]3C4c5ccccc5C(c5ccccc54)[C@H]3C2=O)c1. The van der Waals surface area contributed by atoms with Gasteiger partial charge in [0.15, 0.2) is 6.61 Å². The summed E-state index contributed by atoms with van der Waals surface area (Å²) in [5.41, 5.74) is 6.53. The third kappa shape index (κ3) is 3.24. The van der Waals surface area contributed by atoms with Gasteiger partial charge in [0.25, 0.3) is 0 Å². The van der Waals surface area contributed by atoms with Crippen LogP contribution in [0.3, 0.4) is 0 Å². The topological polar surface area (TPSA) is 80.8 Å². The van der Waals surface area contributed by atoms with Crippen LogP contribution in [0.15, 0.2) is 66.7 Å². The Hall–Kier alpha value is -4.06. The molecule has 36 heavy (non-hydrogen) atoms. The van der Waals surface area contributed by atoms with E-state index in [0.717, 1.165) is 38.3 Å². The van der Waals surface area contributed by atoms with Crippen molar-refractivity contribution in [2.75, 3.05) is 13.2 Å². The summed E-state index contributed by atoms with van der Waals surface area (Å²) < 4.78 is 5.22. The number of rotatable bonds is 5. The number of likely N-dealkylation sites (tertiary alicyclic amines) is 1. The van der Waals surface area contributed by atoms with Gasteiger partial charge in [-0.1, -0.05) is 66.2 Å². The molecule has 7 rings (SSSR count). The van der Waals surface area contributed by atoms with E-state index in [0.29, 0.717) is 5.56 Å². The van der Waals surface area contributed by atoms with Crippen molar-refractivity contribution in [1.29, 1.82) is 0 Å². The Kier molecular flexibility index (Phi) is 5.14. The summed E-state index contributed by atoms with van der Waals surface area (Å²) in [4.78, 5) is 53.5. The smallest absolute Gasteiger partial charge is 0.326 e. The fourth-order valence-electron chi connectivity index (χ4n) is 6.33. The lowest BCUT2D eigenvalue weighted by molar-refractivity contribution is -0.152. The molecule has 6 nitrogen and oxygen atoms in total. The van der Waals surface area contributed by atoms with Crippen LogP contribution in [0, 0.1) is 25.7 Å². The van der Waals surface area contributed by atoms with E-state index < -0.39 is 31.0 Å². The van der Waals surface area contributed by atoms with E-state index in [2.05, 4.69) is 0 Å². The number of benzene rings is 3. The number of carbonyl (C=O) groups excluding carboxylic acids is 4. The van der Waals surface area contributed by atoms with Crippen LogP contribution in [0.2, 0.25) is 0 Å². The minimum atomic E-state index is -0.767. The molecule has 4 aliphatic rings. The molecule has 0 unspecified atom stereocenters. The maximum Gasteiger partial charge on any atom is 0.326 e. The number of amides is 2. The summed E-state index contributed by atoms with van der Waals surface area (Å²) in [6.45, 7) is 2.78. The minimum absolute atomic E-state index is 0.226. The largest absolute Gasteiger partial charge is 0.456 e. The van der Waals surface area contributed by atoms with Crippen molar-refractivity contribution in [1.82, 2.24) is 4.90 Å². The molecule has 1 aliphatic heterocycles. The Labute approximate surface area is 208 Å². The Morgan fingerprint density at radius 2 is 1.28 bits per heavy atom. The van der Waals surface area contributed by atoms with Gasteiger partial charge in [-0.15, -0.1) is 0 Å². The van der Waals surface area contributed by atoms with Gasteiger partial charge in [-0.2, -0.15) is 0 Å². The molecule has 0 N–H and O–H groups in total. The Balaban J connectivity index is 1.23. The average molecular weight is 480 g/mol. The van der Waals surface area contributed by atoms with Gasteiger partial charge in [-0.25, -0.2) is 0 Å². The predicted molar refractivity (Wildman–Crippen MR) is 131 cm³/mol. The predicted octanol–water partition coefficient (Wildman–Crippen LogP) is 3.92. The highest BCUT2D eigenvalue weighted by Crippen LogP contribution is 2.60. The standard InChI is InChI=1S/C30H25NO5/c1-16-11-12-17(2)22(13-16)23(32)15-36-24(33)14-31-29(34)27-25-18-7-3-4-8-19(18)26(28(27)30(31)35)21-10-6-5-9-20(21)25/h3-13,25-28H,14-15H2,1-2H3/t25?,26?,27-,28-/m1/s1. The molecular weight excluding hydrogens is 454 g/mol. The molecule has 1 saturated heterocycles. The number of nitrogens with zero attached hydrogens (tertiary/aromatic N) is 1. The zero-order valence-corrected chi connectivity index (χ0v) is 20.1. The van der Waals surface area contributed by atoms with E-state index in [1.165, 1.54) is 0 Å². The molecule has 1 heterocycles. The third-order valence-corrected chi connectivity index (χ3v) is 7.88. The molecule has 0 aromatic heterocycles.